The topological polar surface area (TPSA) is 47.8 Å². The molecule has 3 aromatic rings. The van der Waals surface area contributed by atoms with Crippen molar-refractivity contribution in [3.05, 3.63) is 78.6 Å². The van der Waals surface area contributed by atoms with Gasteiger partial charge in [-0.15, -0.1) is 16.8 Å². The number of benzene rings is 2. The fraction of sp³-hybridized carbons (Fsp3) is 0.150. The third kappa shape index (κ3) is 3.91. The monoisotopic (exact) mass is 367 g/mol. The third-order valence-electron chi connectivity index (χ3n) is 3.84. The first-order valence-electron chi connectivity index (χ1n) is 8.16. The standard InChI is InChI=1S/C20H18FN3OS/c1-3-13-24-19(16-7-5-4-6-8-16)22-23-20(24)26-14(2)18(25)15-9-11-17(21)12-10-15/h3-12,14H,1,13H2,2H3/t14-/m1/s1. The highest BCUT2D eigenvalue weighted by molar-refractivity contribution is 8.00. The number of rotatable bonds is 7. The lowest BCUT2D eigenvalue weighted by Crippen LogP contribution is -2.15. The highest BCUT2D eigenvalue weighted by Gasteiger charge is 2.21. The van der Waals surface area contributed by atoms with Gasteiger partial charge in [-0.25, -0.2) is 4.39 Å². The van der Waals surface area contributed by atoms with Crippen molar-refractivity contribution in [2.45, 2.75) is 23.9 Å². The molecule has 0 aliphatic carbocycles. The van der Waals surface area contributed by atoms with E-state index in [4.69, 9.17) is 0 Å². The Bertz CT molecular complexity index is 907. The molecule has 0 saturated carbocycles. The highest BCUT2D eigenvalue weighted by atomic mass is 32.2. The van der Waals surface area contributed by atoms with Gasteiger partial charge in [-0.2, -0.15) is 0 Å². The minimum Gasteiger partial charge on any atom is -0.298 e. The van der Waals surface area contributed by atoms with Crippen LogP contribution in [0.1, 0.15) is 17.3 Å². The number of hydrogen-bond acceptors (Lipinski definition) is 4. The highest BCUT2D eigenvalue weighted by Crippen LogP contribution is 2.28. The number of thioether (sulfide) groups is 1. The van der Waals surface area contributed by atoms with Crippen molar-refractivity contribution in [2.75, 3.05) is 0 Å². The van der Waals surface area contributed by atoms with Crippen LogP contribution in [0.15, 0.2) is 72.4 Å². The van der Waals surface area contributed by atoms with Crippen LogP contribution < -0.4 is 0 Å². The number of carbonyl (C=O) groups is 1. The molecule has 3 rings (SSSR count). The van der Waals surface area contributed by atoms with Gasteiger partial charge in [0, 0.05) is 17.7 Å². The minimum atomic E-state index is -0.378. The van der Waals surface area contributed by atoms with Crippen LogP contribution >= 0.6 is 11.8 Å². The summed E-state index contributed by atoms with van der Waals surface area (Å²) in [7, 11) is 0. The lowest BCUT2D eigenvalue weighted by atomic mass is 10.1. The first-order chi connectivity index (χ1) is 12.6. The largest absolute Gasteiger partial charge is 0.298 e. The fourth-order valence-electron chi connectivity index (χ4n) is 2.53. The van der Waals surface area contributed by atoms with E-state index in [-0.39, 0.29) is 16.9 Å². The summed E-state index contributed by atoms with van der Waals surface area (Å²) in [6.07, 6.45) is 1.77. The summed E-state index contributed by atoms with van der Waals surface area (Å²) in [5.41, 5.74) is 1.43. The molecule has 0 N–H and O–H groups in total. The van der Waals surface area contributed by atoms with Gasteiger partial charge in [0.05, 0.1) is 5.25 Å². The van der Waals surface area contributed by atoms with E-state index in [9.17, 15) is 9.18 Å². The van der Waals surface area contributed by atoms with Crippen LogP contribution in [0.5, 0.6) is 0 Å². The molecule has 0 spiro atoms. The van der Waals surface area contributed by atoms with Crippen molar-refractivity contribution in [1.82, 2.24) is 14.8 Å². The van der Waals surface area contributed by atoms with Gasteiger partial charge < -0.3 is 0 Å². The summed E-state index contributed by atoms with van der Waals surface area (Å²) < 4.78 is 15.0. The Morgan fingerprint density at radius 2 is 1.88 bits per heavy atom. The Labute approximate surface area is 155 Å². The third-order valence-corrected chi connectivity index (χ3v) is 4.92. The fourth-order valence-corrected chi connectivity index (χ4v) is 3.47. The number of ketones is 1. The van der Waals surface area contributed by atoms with Crippen LogP contribution in [0.25, 0.3) is 11.4 Å². The zero-order chi connectivity index (χ0) is 18.5. The summed E-state index contributed by atoms with van der Waals surface area (Å²) >= 11 is 1.33. The van der Waals surface area contributed by atoms with Crippen LogP contribution in [-0.2, 0) is 6.54 Å². The van der Waals surface area contributed by atoms with Crippen molar-refractivity contribution in [3.63, 3.8) is 0 Å². The van der Waals surface area contributed by atoms with Crippen molar-refractivity contribution < 1.29 is 9.18 Å². The molecule has 0 fully saturated rings. The molecule has 0 aliphatic rings. The maximum Gasteiger partial charge on any atom is 0.192 e. The van der Waals surface area contributed by atoms with E-state index in [1.807, 2.05) is 41.8 Å². The van der Waals surface area contributed by atoms with Crippen molar-refractivity contribution >= 4 is 17.5 Å². The number of allylic oxidation sites excluding steroid dienone is 1. The Balaban J connectivity index is 1.85. The number of nitrogens with zero attached hydrogens (tertiary/aromatic N) is 3. The van der Waals surface area contributed by atoms with Crippen LogP contribution in [-0.4, -0.2) is 25.8 Å². The van der Waals surface area contributed by atoms with Gasteiger partial charge in [-0.1, -0.05) is 48.2 Å². The normalized spacial score (nSPS) is 11.9. The molecule has 6 heteroatoms. The van der Waals surface area contributed by atoms with E-state index in [1.165, 1.54) is 36.0 Å². The smallest absolute Gasteiger partial charge is 0.192 e. The first kappa shape index (κ1) is 18.1. The molecule has 0 amide bonds. The molecule has 0 bridgehead atoms. The lowest BCUT2D eigenvalue weighted by Gasteiger charge is -2.12. The Morgan fingerprint density at radius 3 is 2.54 bits per heavy atom. The summed E-state index contributed by atoms with van der Waals surface area (Å²) in [6, 6.07) is 15.3. The van der Waals surface area contributed by atoms with Gasteiger partial charge in [-0.05, 0) is 31.2 Å². The van der Waals surface area contributed by atoms with E-state index in [2.05, 4.69) is 16.8 Å². The van der Waals surface area contributed by atoms with E-state index in [0.29, 0.717) is 17.3 Å². The van der Waals surface area contributed by atoms with Gasteiger partial charge >= 0.3 is 0 Å². The van der Waals surface area contributed by atoms with E-state index >= 15 is 0 Å². The number of hydrogen-bond donors (Lipinski definition) is 0. The molecule has 2 aromatic carbocycles. The second kappa shape index (κ2) is 8.10. The van der Waals surface area contributed by atoms with Gasteiger partial charge in [0.25, 0.3) is 0 Å². The Hall–Kier alpha value is -2.73. The van der Waals surface area contributed by atoms with Crippen LogP contribution in [0.2, 0.25) is 0 Å². The molecular formula is C20H18FN3OS. The second-order valence-corrected chi connectivity index (χ2v) is 7.01. The summed E-state index contributed by atoms with van der Waals surface area (Å²) in [4.78, 5) is 12.6. The molecule has 1 heterocycles. The van der Waals surface area contributed by atoms with Crippen LogP contribution in [0.4, 0.5) is 4.39 Å². The van der Waals surface area contributed by atoms with Gasteiger partial charge in [0.2, 0.25) is 0 Å². The average Bonchev–Trinajstić information content (AvgIpc) is 3.05. The number of carbonyl (C=O) groups excluding carboxylic acids is 1. The van der Waals surface area contributed by atoms with Gasteiger partial charge in [0.1, 0.15) is 5.82 Å². The molecular weight excluding hydrogens is 349 g/mol. The van der Waals surface area contributed by atoms with Gasteiger partial charge in [0.15, 0.2) is 16.8 Å². The molecule has 1 atom stereocenters. The predicted molar refractivity (Wildman–Crippen MR) is 102 cm³/mol. The number of aromatic nitrogens is 3. The van der Waals surface area contributed by atoms with Crippen molar-refractivity contribution in [2.24, 2.45) is 0 Å². The minimum absolute atomic E-state index is 0.0792. The maximum absolute atomic E-state index is 13.1. The predicted octanol–water partition coefficient (Wildman–Crippen LogP) is 4.63. The molecule has 0 saturated heterocycles. The van der Waals surface area contributed by atoms with Crippen LogP contribution in [0, 0.1) is 5.82 Å². The Kier molecular flexibility index (Phi) is 5.63. The molecule has 1 aromatic heterocycles. The van der Waals surface area contributed by atoms with E-state index in [1.54, 1.807) is 6.08 Å². The summed E-state index contributed by atoms with van der Waals surface area (Å²) in [5, 5.41) is 8.81. The Morgan fingerprint density at radius 1 is 1.19 bits per heavy atom. The molecule has 0 aliphatic heterocycles. The molecule has 4 nitrogen and oxygen atoms in total. The summed E-state index contributed by atoms with van der Waals surface area (Å²) in [6.45, 7) is 6.14. The van der Waals surface area contributed by atoms with E-state index < -0.39 is 0 Å². The molecule has 0 unspecified atom stereocenters. The molecule has 132 valence electrons. The SMILES string of the molecule is C=CCn1c(S[C@H](C)C(=O)c2ccc(F)cc2)nnc1-c1ccccc1. The quantitative estimate of drug-likeness (QED) is 0.347. The molecule has 26 heavy (non-hydrogen) atoms. The lowest BCUT2D eigenvalue weighted by molar-refractivity contribution is 0.0994. The van der Waals surface area contributed by atoms with Crippen molar-refractivity contribution in [1.29, 1.82) is 0 Å². The zero-order valence-electron chi connectivity index (χ0n) is 14.3. The molecule has 0 radical (unpaired) electrons. The second-order valence-electron chi connectivity index (χ2n) is 5.70. The van der Waals surface area contributed by atoms with Crippen molar-refractivity contribution in [3.8, 4) is 11.4 Å². The van der Waals surface area contributed by atoms with E-state index in [0.717, 1.165) is 11.4 Å². The average molecular weight is 367 g/mol. The van der Waals surface area contributed by atoms with Crippen LogP contribution in [0.3, 0.4) is 0 Å². The van der Waals surface area contributed by atoms with Gasteiger partial charge in [-0.3, -0.25) is 9.36 Å². The maximum atomic E-state index is 13.1. The first-order valence-corrected chi connectivity index (χ1v) is 9.04. The summed E-state index contributed by atoms with van der Waals surface area (Å²) in [5.74, 6) is 0.291. The number of halogens is 1. The number of Topliss-reactive ketones (excluding diaryl/α,β-unsaturated/α-hetero) is 1. The zero-order valence-corrected chi connectivity index (χ0v) is 15.1.